The molecule has 0 fully saturated rings. The van der Waals surface area contributed by atoms with Crippen LogP contribution in [0.2, 0.25) is 5.15 Å². The first-order valence-corrected chi connectivity index (χ1v) is 7.47. The zero-order chi connectivity index (χ0) is 13.1. The van der Waals surface area contributed by atoms with E-state index in [1.807, 2.05) is 0 Å². The van der Waals surface area contributed by atoms with Crippen molar-refractivity contribution in [3.05, 3.63) is 21.9 Å². The number of nitrogens with two attached hydrogens (primary N) is 1. The molecule has 0 saturated heterocycles. The van der Waals surface area contributed by atoms with Crippen molar-refractivity contribution in [3.8, 4) is 0 Å². The van der Waals surface area contributed by atoms with E-state index in [0.29, 0.717) is 17.7 Å². The number of thiazole rings is 1. The van der Waals surface area contributed by atoms with Gasteiger partial charge in [-0.3, -0.25) is 4.40 Å². The Morgan fingerprint density at radius 1 is 1.61 bits per heavy atom. The number of hydrogen-bond acceptors (Lipinski definition) is 4. The fourth-order valence-electron chi connectivity index (χ4n) is 2.10. The summed E-state index contributed by atoms with van der Waals surface area (Å²) in [5, 5.41) is 6.17. The van der Waals surface area contributed by atoms with Gasteiger partial charge >= 0.3 is 0 Å². The van der Waals surface area contributed by atoms with Crippen LogP contribution in [-0.2, 0) is 6.42 Å². The van der Waals surface area contributed by atoms with Crippen molar-refractivity contribution >= 4 is 27.9 Å². The molecular weight excluding hydrogens is 268 g/mol. The lowest BCUT2D eigenvalue weighted by molar-refractivity contribution is 0.496. The molecule has 18 heavy (non-hydrogen) atoms. The highest BCUT2D eigenvalue weighted by Gasteiger charge is 2.17. The molecule has 1 atom stereocenters. The van der Waals surface area contributed by atoms with E-state index in [0.717, 1.165) is 30.0 Å². The molecule has 6 heteroatoms. The highest BCUT2D eigenvalue weighted by Crippen LogP contribution is 2.25. The summed E-state index contributed by atoms with van der Waals surface area (Å²) >= 11 is 7.87. The van der Waals surface area contributed by atoms with Crippen LogP contribution in [0.1, 0.15) is 24.7 Å². The fourth-order valence-corrected chi connectivity index (χ4v) is 3.27. The molecule has 2 aromatic heterocycles. The lowest BCUT2D eigenvalue weighted by atomic mass is 10.1. The molecule has 1 unspecified atom stereocenters. The van der Waals surface area contributed by atoms with Crippen molar-refractivity contribution < 1.29 is 0 Å². The molecule has 0 aliphatic carbocycles. The maximum absolute atomic E-state index is 6.24. The molecule has 0 spiro atoms. The predicted octanol–water partition coefficient (Wildman–Crippen LogP) is 2.23. The lowest BCUT2D eigenvalue weighted by Crippen LogP contribution is -2.34. The third-order valence-corrected chi connectivity index (χ3v) is 4.34. The van der Waals surface area contributed by atoms with Gasteiger partial charge in [0.15, 0.2) is 10.1 Å². The Bertz CT molecular complexity index is 519. The molecule has 0 bridgehead atoms. The Morgan fingerprint density at radius 3 is 3.06 bits per heavy atom. The highest BCUT2D eigenvalue weighted by atomic mass is 35.5. The van der Waals surface area contributed by atoms with Gasteiger partial charge in [0, 0.05) is 36.6 Å². The monoisotopic (exact) mass is 286 g/mol. The van der Waals surface area contributed by atoms with Gasteiger partial charge in [-0.05, 0) is 13.3 Å². The van der Waals surface area contributed by atoms with E-state index < -0.39 is 0 Å². The summed E-state index contributed by atoms with van der Waals surface area (Å²) < 4.78 is 2.15. The number of nitrogens with zero attached hydrogens (tertiary/aromatic N) is 2. The summed E-state index contributed by atoms with van der Waals surface area (Å²) in [5.41, 5.74) is 7.82. The van der Waals surface area contributed by atoms with Gasteiger partial charge in [0.25, 0.3) is 0 Å². The van der Waals surface area contributed by atoms with Gasteiger partial charge in [-0.1, -0.05) is 18.5 Å². The summed E-state index contributed by atoms with van der Waals surface area (Å²) in [4.78, 5) is 5.37. The zero-order valence-electron chi connectivity index (χ0n) is 10.7. The molecule has 2 aromatic rings. The standard InChI is InChI=1S/C12H19ClN4S/c1-3-9(15-5-4-14)6-10-11(13)16-12-17(10)8(2)7-18-12/h7,9,15H,3-6,14H2,1-2H3. The Kier molecular flexibility index (Phi) is 4.61. The van der Waals surface area contributed by atoms with E-state index in [9.17, 15) is 0 Å². The van der Waals surface area contributed by atoms with Crippen LogP contribution in [0, 0.1) is 6.92 Å². The molecule has 0 saturated carbocycles. The molecule has 0 aromatic carbocycles. The number of halogens is 1. The quantitative estimate of drug-likeness (QED) is 0.856. The second-order valence-corrected chi connectivity index (χ2v) is 5.59. The van der Waals surface area contributed by atoms with Crippen LogP contribution in [0.25, 0.3) is 4.96 Å². The first-order chi connectivity index (χ1) is 8.67. The summed E-state index contributed by atoms with van der Waals surface area (Å²) in [7, 11) is 0. The van der Waals surface area contributed by atoms with Crippen LogP contribution in [0.3, 0.4) is 0 Å². The van der Waals surface area contributed by atoms with E-state index in [4.69, 9.17) is 17.3 Å². The number of aromatic nitrogens is 2. The number of aryl methyl sites for hydroxylation is 1. The summed E-state index contributed by atoms with van der Waals surface area (Å²) in [6.45, 7) is 5.74. The van der Waals surface area contributed by atoms with Crippen LogP contribution in [0.4, 0.5) is 0 Å². The predicted molar refractivity (Wildman–Crippen MR) is 77.7 cm³/mol. The number of fused-ring (bicyclic) bond motifs is 1. The van der Waals surface area contributed by atoms with E-state index in [1.54, 1.807) is 11.3 Å². The van der Waals surface area contributed by atoms with Crippen LogP contribution in [0.15, 0.2) is 5.38 Å². The first-order valence-electron chi connectivity index (χ1n) is 6.21. The first kappa shape index (κ1) is 13.8. The van der Waals surface area contributed by atoms with E-state index in [2.05, 4.69) is 33.9 Å². The fraction of sp³-hybridized carbons (Fsp3) is 0.583. The van der Waals surface area contributed by atoms with Crippen molar-refractivity contribution in [1.82, 2.24) is 14.7 Å². The van der Waals surface area contributed by atoms with Crippen molar-refractivity contribution in [2.24, 2.45) is 5.73 Å². The number of nitrogens with one attached hydrogen (secondary N) is 1. The third-order valence-electron chi connectivity index (χ3n) is 3.09. The van der Waals surface area contributed by atoms with Gasteiger partial charge in [0.05, 0.1) is 5.69 Å². The van der Waals surface area contributed by atoms with Crippen LogP contribution in [0.5, 0.6) is 0 Å². The molecule has 100 valence electrons. The number of imidazole rings is 1. The minimum absolute atomic E-state index is 0.394. The van der Waals surface area contributed by atoms with Gasteiger partial charge < -0.3 is 11.1 Å². The minimum Gasteiger partial charge on any atom is -0.329 e. The van der Waals surface area contributed by atoms with Crippen LogP contribution in [-0.4, -0.2) is 28.5 Å². The average molecular weight is 287 g/mol. The second-order valence-electron chi connectivity index (χ2n) is 4.40. The molecular formula is C12H19ClN4S. The van der Waals surface area contributed by atoms with Crippen molar-refractivity contribution in [1.29, 1.82) is 0 Å². The number of hydrogen-bond donors (Lipinski definition) is 2. The van der Waals surface area contributed by atoms with E-state index >= 15 is 0 Å². The van der Waals surface area contributed by atoms with Crippen molar-refractivity contribution in [3.63, 3.8) is 0 Å². The van der Waals surface area contributed by atoms with Gasteiger partial charge in [-0.25, -0.2) is 4.98 Å². The second kappa shape index (κ2) is 6.02. The molecule has 2 rings (SSSR count). The maximum Gasteiger partial charge on any atom is 0.195 e. The highest BCUT2D eigenvalue weighted by molar-refractivity contribution is 7.15. The minimum atomic E-state index is 0.394. The molecule has 0 aliphatic rings. The Labute approximate surface area is 116 Å². The van der Waals surface area contributed by atoms with Gasteiger partial charge in [0.1, 0.15) is 0 Å². The lowest BCUT2D eigenvalue weighted by Gasteiger charge is -2.16. The van der Waals surface area contributed by atoms with Gasteiger partial charge in [0.2, 0.25) is 0 Å². The van der Waals surface area contributed by atoms with E-state index in [1.165, 1.54) is 5.69 Å². The third kappa shape index (κ3) is 2.69. The average Bonchev–Trinajstić information content (AvgIpc) is 2.86. The normalized spacial score (nSPS) is 13.3. The smallest absolute Gasteiger partial charge is 0.195 e. The summed E-state index contributed by atoms with van der Waals surface area (Å²) in [5.74, 6) is 0. The van der Waals surface area contributed by atoms with Crippen molar-refractivity contribution in [2.75, 3.05) is 13.1 Å². The number of rotatable bonds is 6. The Hall–Kier alpha value is -0.620. The molecule has 0 aliphatic heterocycles. The summed E-state index contributed by atoms with van der Waals surface area (Å²) in [6.07, 6.45) is 1.93. The molecule has 4 nitrogen and oxygen atoms in total. The zero-order valence-corrected chi connectivity index (χ0v) is 12.3. The molecule has 0 radical (unpaired) electrons. The topological polar surface area (TPSA) is 55.3 Å². The molecule has 2 heterocycles. The molecule has 3 N–H and O–H groups in total. The van der Waals surface area contributed by atoms with Crippen LogP contribution < -0.4 is 11.1 Å². The van der Waals surface area contributed by atoms with Crippen LogP contribution >= 0.6 is 22.9 Å². The van der Waals surface area contributed by atoms with Crippen molar-refractivity contribution in [2.45, 2.75) is 32.7 Å². The maximum atomic E-state index is 6.24. The SMILES string of the molecule is CCC(Cc1c(Cl)nc2scc(C)n12)NCCN. The van der Waals surface area contributed by atoms with Gasteiger partial charge in [-0.15, -0.1) is 11.3 Å². The largest absolute Gasteiger partial charge is 0.329 e. The van der Waals surface area contributed by atoms with Gasteiger partial charge in [-0.2, -0.15) is 0 Å². The van der Waals surface area contributed by atoms with E-state index in [-0.39, 0.29) is 0 Å². The molecule has 0 amide bonds. The summed E-state index contributed by atoms with van der Waals surface area (Å²) in [6, 6.07) is 0.394. The Balaban J connectivity index is 2.23. The Morgan fingerprint density at radius 2 is 2.39 bits per heavy atom.